The Morgan fingerprint density at radius 1 is 0.720 bits per heavy atom. The normalized spacial score (nSPS) is 10.8. The Labute approximate surface area is 151 Å². The number of hydrogen-bond donors (Lipinski definition) is 2. The van der Waals surface area contributed by atoms with E-state index < -0.39 is 0 Å². The van der Waals surface area contributed by atoms with E-state index in [1.54, 1.807) is 0 Å². The van der Waals surface area contributed by atoms with Gasteiger partial charge in [0.15, 0.2) is 0 Å². The highest BCUT2D eigenvalue weighted by molar-refractivity contribution is 5.48. The molecule has 136 valence electrons. The summed E-state index contributed by atoms with van der Waals surface area (Å²) in [6.45, 7) is 10.8. The highest BCUT2D eigenvalue weighted by Crippen LogP contribution is 2.18. The van der Waals surface area contributed by atoms with Gasteiger partial charge in [-0.05, 0) is 68.3 Å². The molecule has 0 aliphatic heterocycles. The Bertz CT molecular complexity index is 607. The molecule has 0 saturated carbocycles. The maximum atomic E-state index is 5.69. The molecule has 0 atom stereocenters. The van der Waals surface area contributed by atoms with Crippen LogP contribution in [-0.2, 0) is 0 Å². The molecule has 25 heavy (non-hydrogen) atoms. The summed E-state index contributed by atoms with van der Waals surface area (Å²) >= 11 is 0. The van der Waals surface area contributed by atoms with Gasteiger partial charge in [0, 0.05) is 24.5 Å². The first-order chi connectivity index (χ1) is 12.0. The first-order valence-corrected chi connectivity index (χ1v) is 9.00. The Kier molecular flexibility index (Phi) is 7.45. The van der Waals surface area contributed by atoms with Gasteiger partial charge in [-0.25, -0.2) is 0 Å². The Balaban J connectivity index is 1.68. The van der Waals surface area contributed by atoms with Crippen molar-refractivity contribution in [3.8, 4) is 11.5 Å². The van der Waals surface area contributed by atoms with E-state index in [9.17, 15) is 0 Å². The van der Waals surface area contributed by atoms with Gasteiger partial charge in [0.2, 0.25) is 0 Å². The van der Waals surface area contributed by atoms with Crippen molar-refractivity contribution < 1.29 is 9.47 Å². The number of ether oxygens (including phenoxy) is 2. The van der Waals surface area contributed by atoms with Crippen molar-refractivity contribution in [2.75, 3.05) is 30.3 Å². The number of nitrogens with one attached hydrogen (secondary N) is 2. The summed E-state index contributed by atoms with van der Waals surface area (Å²) in [7, 11) is 0. The fourth-order valence-electron chi connectivity index (χ4n) is 2.27. The Morgan fingerprint density at radius 2 is 1.20 bits per heavy atom. The molecule has 4 heteroatoms. The zero-order valence-corrected chi connectivity index (χ0v) is 15.7. The second-order valence-corrected chi connectivity index (χ2v) is 6.77. The van der Waals surface area contributed by atoms with Crippen LogP contribution in [0.2, 0.25) is 0 Å². The van der Waals surface area contributed by atoms with Gasteiger partial charge >= 0.3 is 0 Å². The average Bonchev–Trinajstić information content (AvgIpc) is 2.59. The number of benzene rings is 2. The summed E-state index contributed by atoms with van der Waals surface area (Å²) in [6, 6.07) is 16.2. The van der Waals surface area contributed by atoms with Crippen molar-refractivity contribution in [1.82, 2.24) is 0 Å². The topological polar surface area (TPSA) is 42.5 Å². The van der Waals surface area contributed by atoms with E-state index in [4.69, 9.17) is 9.47 Å². The third-order valence-electron chi connectivity index (χ3n) is 3.45. The zero-order chi connectivity index (χ0) is 18.1. The molecule has 2 aromatic carbocycles. The van der Waals surface area contributed by atoms with Crippen LogP contribution >= 0.6 is 0 Å². The third kappa shape index (κ3) is 7.38. The molecule has 0 amide bonds. The largest absolute Gasteiger partial charge is 0.493 e. The molecular weight excluding hydrogens is 312 g/mol. The molecule has 0 unspecified atom stereocenters. The fraction of sp³-hybridized carbons (Fsp3) is 0.429. The molecule has 2 rings (SSSR count). The molecule has 0 saturated heterocycles. The molecule has 0 fully saturated rings. The van der Waals surface area contributed by atoms with E-state index in [0.29, 0.717) is 5.92 Å². The van der Waals surface area contributed by atoms with Gasteiger partial charge in [-0.15, -0.1) is 0 Å². The number of rotatable bonds is 10. The molecule has 0 radical (unpaired) electrons. The smallest absolute Gasteiger partial charge is 0.119 e. The molecule has 0 aliphatic carbocycles. The monoisotopic (exact) mass is 342 g/mol. The van der Waals surface area contributed by atoms with Crippen LogP contribution < -0.4 is 20.1 Å². The molecule has 0 aromatic heterocycles. The highest BCUT2D eigenvalue weighted by Gasteiger charge is 1.99. The predicted octanol–water partition coefficient (Wildman–Crippen LogP) is 5.03. The lowest BCUT2D eigenvalue weighted by atomic mass is 10.2. The lowest BCUT2D eigenvalue weighted by molar-refractivity contribution is 0.242. The van der Waals surface area contributed by atoms with E-state index in [1.807, 2.05) is 62.4 Å². The third-order valence-corrected chi connectivity index (χ3v) is 3.45. The van der Waals surface area contributed by atoms with Crippen LogP contribution in [0.15, 0.2) is 48.5 Å². The molecule has 0 heterocycles. The molecule has 2 N–H and O–H groups in total. The second-order valence-electron chi connectivity index (χ2n) is 6.77. The number of hydrogen-bond acceptors (Lipinski definition) is 4. The van der Waals surface area contributed by atoms with Crippen LogP contribution in [0.25, 0.3) is 0 Å². The van der Waals surface area contributed by atoms with Crippen molar-refractivity contribution in [3.63, 3.8) is 0 Å². The molecule has 2 aromatic rings. The van der Waals surface area contributed by atoms with E-state index in [2.05, 4.69) is 24.5 Å². The quantitative estimate of drug-likeness (QED) is 0.594. The fourth-order valence-corrected chi connectivity index (χ4v) is 2.27. The van der Waals surface area contributed by atoms with E-state index in [0.717, 1.165) is 42.6 Å². The van der Waals surface area contributed by atoms with Crippen molar-refractivity contribution in [2.24, 2.45) is 5.92 Å². The van der Waals surface area contributed by atoms with Crippen LogP contribution in [-0.4, -0.2) is 25.8 Å². The van der Waals surface area contributed by atoms with Crippen molar-refractivity contribution in [2.45, 2.75) is 33.8 Å². The van der Waals surface area contributed by atoms with Crippen LogP contribution in [0.4, 0.5) is 11.4 Å². The first-order valence-electron chi connectivity index (χ1n) is 9.00. The lowest BCUT2D eigenvalue weighted by Crippen LogP contribution is -2.13. The van der Waals surface area contributed by atoms with Crippen molar-refractivity contribution >= 4 is 11.4 Å². The molecule has 0 spiro atoms. The number of anilines is 2. The molecule has 0 bridgehead atoms. The highest BCUT2D eigenvalue weighted by atomic mass is 16.5. The zero-order valence-electron chi connectivity index (χ0n) is 15.7. The van der Waals surface area contributed by atoms with Crippen molar-refractivity contribution in [3.05, 3.63) is 48.5 Å². The van der Waals surface area contributed by atoms with Crippen molar-refractivity contribution in [1.29, 1.82) is 0 Å². The summed E-state index contributed by atoms with van der Waals surface area (Å²) in [5, 5.41) is 6.80. The summed E-state index contributed by atoms with van der Waals surface area (Å²) < 4.78 is 11.3. The lowest BCUT2D eigenvalue weighted by Gasteiger charge is -2.12. The first kappa shape index (κ1) is 19.0. The van der Waals surface area contributed by atoms with E-state index >= 15 is 0 Å². The standard InChI is InChI=1S/C21H30N2O2/c1-16(2)15-24-20-9-5-18(6-10-20)22-13-14-23-19-7-11-21(12-8-19)25-17(3)4/h5-12,16-17,22-23H,13-15H2,1-4H3. The minimum Gasteiger partial charge on any atom is -0.493 e. The molecule has 0 aliphatic rings. The van der Waals surface area contributed by atoms with Gasteiger partial charge in [-0.1, -0.05) is 13.8 Å². The van der Waals surface area contributed by atoms with Gasteiger partial charge < -0.3 is 20.1 Å². The summed E-state index contributed by atoms with van der Waals surface area (Å²) in [5.74, 6) is 2.36. The maximum Gasteiger partial charge on any atom is 0.119 e. The molecular formula is C21H30N2O2. The van der Waals surface area contributed by atoms with Crippen LogP contribution in [0, 0.1) is 5.92 Å². The second kappa shape index (κ2) is 9.82. The van der Waals surface area contributed by atoms with Crippen LogP contribution in [0.1, 0.15) is 27.7 Å². The molecule has 4 nitrogen and oxygen atoms in total. The van der Waals surface area contributed by atoms with Gasteiger partial charge in [-0.3, -0.25) is 0 Å². The summed E-state index contributed by atoms with van der Waals surface area (Å²) in [5.41, 5.74) is 2.19. The van der Waals surface area contributed by atoms with E-state index in [1.165, 1.54) is 0 Å². The van der Waals surface area contributed by atoms with E-state index in [-0.39, 0.29) is 6.10 Å². The predicted molar refractivity (Wildman–Crippen MR) is 106 cm³/mol. The average molecular weight is 342 g/mol. The van der Waals surface area contributed by atoms with Gasteiger partial charge in [-0.2, -0.15) is 0 Å². The Hall–Kier alpha value is -2.36. The van der Waals surface area contributed by atoms with Gasteiger partial charge in [0.05, 0.1) is 12.7 Å². The van der Waals surface area contributed by atoms with Crippen LogP contribution in [0.3, 0.4) is 0 Å². The maximum absolute atomic E-state index is 5.69. The minimum absolute atomic E-state index is 0.199. The van der Waals surface area contributed by atoms with Gasteiger partial charge in [0.1, 0.15) is 11.5 Å². The summed E-state index contributed by atoms with van der Waals surface area (Å²) in [6.07, 6.45) is 0.199. The Morgan fingerprint density at radius 3 is 1.64 bits per heavy atom. The summed E-state index contributed by atoms with van der Waals surface area (Å²) in [4.78, 5) is 0. The van der Waals surface area contributed by atoms with Crippen LogP contribution in [0.5, 0.6) is 11.5 Å². The SMILES string of the molecule is CC(C)COc1ccc(NCCNc2ccc(OC(C)C)cc2)cc1. The van der Waals surface area contributed by atoms with Gasteiger partial charge in [0.25, 0.3) is 0 Å². The minimum atomic E-state index is 0.199.